The highest BCUT2D eigenvalue weighted by atomic mass is 16.5. The Bertz CT molecular complexity index is 373. The van der Waals surface area contributed by atoms with Gasteiger partial charge >= 0.3 is 5.97 Å². The average molecular weight is 224 g/mol. The maximum absolute atomic E-state index is 11.6. The Hall–Kier alpha value is -1.71. The van der Waals surface area contributed by atoms with Gasteiger partial charge in [0.15, 0.2) is 11.5 Å². The van der Waals surface area contributed by atoms with Crippen LogP contribution in [0.15, 0.2) is 18.2 Å². The number of hydrogen-bond acceptors (Lipinski definition) is 4. The van der Waals surface area contributed by atoms with E-state index in [1.165, 1.54) is 25.3 Å². The second-order valence-corrected chi connectivity index (χ2v) is 3.51. The first-order chi connectivity index (χ1) is 7.58. The highest BCUT2D eigenvalue weighted by Crippen LogP contribution is 2.26. The molecule has 0 spiro atoms. The van der Waals surface area contributed by atoms with Crippen molar-refractivity contribution in [1.29, 1.82) is 0 Å². The summed E-state index contributed by atoms with van der Waals surface area (Å²) < 4.78 is 10.1. The zero-order valence-electron chi connectivity index (χ0n) is 9.69. The van der Waals surface area contributed by atoms with Crippen LogP contribution in [0.25, 0.3) is 0 Å². The third kappa shape index (κ3) is 2.89. The Balaban J connectivity index is 2.84. The van der Waals surface area contributed by atoms with Gasteiger partial charge in [0.2, 0.25) is 0 Å². The molecule has 4 heteroatoms. The summed E-state index contributed by atoms with van der Waals surface area (Å²) in [6, 6.07) is 4.37. The Morgan fingerprint density at radius 2 is 2.19 bits per heavy atom. The van der Waals surface area contributed by atoms with Crippen LogP contribution in [0.5, 0.6) is 11.5 Å². The molecule has 0 radical (unpaired) electrons. The van der Waals surface area contributed by atoms with Gasteiger partial charge in [-0.25, -0.2) is 4.79 Å². The standard InChI is InChI=1S/C12H16O4/c1-4-8(2)16-12(14)9-5-6-10(13)11(7-9)15-3/h5-8,13H,4H2,1-3H3. The number of hydrogen-bond donors (Lipinski definition) is 1. The third-order valence-electron chi connectivity index (χ3n) is 2.30. The number of carbonyl (C=O) groups is 1. The van der Waals surface area contributed by atoms with Crippen LogP contribution in [-0.4, -0.2) is 24.3 Å². The van der Waals surface area contributed by atoms with E-state index in [4.69, 9.17) is 9.47 Å². The molecule has 1 N–H and O–H groups in total. The van der Waals surface area contributed by atoms with Gasteiger partial charge in [-0.2, -0.15) is 0 Å². The van der Waals surface area contributed by atoms with Gasteiger partial charge in [-0.05, 0) is 31.5 Å². The number of esters is 1. The second-order valence-electron chi connectivity index (χ2n) is 3.51. The van der Waals surface area contributed by atoms with Crippen LogP contribution < -0.4 is 4.74 Å². The lowest BCUT2D eigenvalue weighted by Crippen LogP contribution is -2.13. The van der Waals surface area contributed by atoms with E-state index in [-0.39, 0.29) is 17.6 Å². The number of aromatic hydroxyl groups is 1. The Kier molecular flexibility index (Phi) is 4.17. The monoisotopic (exact) mass is 224 g/mol. The highest BCUT2D eigenvalue weighted by Gasteiger charge is 2.13. The van der Waals surface area contributed by atoms with Crippen molar-refractivity contribution in [3.8, 4) is 11.5 Å². The number of carbonyl (C=O) groups excluding carboxylic acids is 1. The second kappa shape index (κ2) is 5.39. The van der Waals surface area contributed by atoms with Gasteiger partial charge in [0, 0.05) is 0 Å². The molecule has 4 nitrogen and oxygen atoms in total. The fourth-order valence-corrected chi connectivity index (χ4v) is 1.14. The Morgan fingerprint density at radius 1 is 1.50 bits per heavy atom. The van der Waals surface area contributed by atoms with Crippen LogP contribution in [-0.2, 0) is 4.74 Å². The molecule has 0 fully saturated rings. The van der Waals surface area contributed by atoms with Gasteiger partial charge in [-0.15, -0.1) is 0 Å². The van der Waals surface area contributed by atoms with Crippen molar-refractivity contribution in [3.63, 3.8) is 0 Å². The number of phenolic OH excluding ortho intramolecular Hbond substituents is 1. The first-order valence-electron chi connectivity index (χ1n) is 5.16. The summed E-state index contributed by atoms with van der Waals surface area (Å²) in [4.78, 5) is 11.6. The number of rotatable bonds is 4. The SMILES string of the molecule is CCC(C)OC(=O)c1ccc(O)c(OC)c1. The zero-order chi connectivity index (χ0) is 12.1. The largest absolute Gasteiger partial charge is 0.504 e. The lowest BCUT2D eigenvalue weighted by atomic mass is 10.2. The van der Waals surface area contributed by atoms with Crippen molar-refractivity contribution in [2.24, 2.45) is 0 Å². The molecule has 0 saturated carbocycles. The molecule has 0 aliphatic carbocycles. The first-order valence-corrected chi connectivity index (χ1v) is 5.16. The van der Waals surface area contributed by atoms with Gasteiger partial charge in [0.1, 0.15) is 0 Å². The van der Waals surface area contributed by atoms with E-state index in [2.05, 4.69) is 0 Å². The summed E-state index contributed by atoms with van der Waals surface area (Å²) >= 11 is 0. The van der Waals surface area contributed by atoms with Crippen LogP contribution >= 0.6 is 0 Å². The van der Waals surface area contributed by atoms with Crippen LogP contribution in [0.3, 0.4) is 0 Å². The van der Waals surface area contributed by atoms with Crippen LogP contribution in [0.2, 0.25) is 0 Å². The van der Waals surface area contributed by atoms with Crippen LogP contribution in [0.1, 0.15) is 30.6 Å². The molecule has 0 aliphatic heterocycles. The molecule has 1 rings (SSSR count). The first kappa shape index (κ1) is 12.4. The predicted octanol–water partition coefficient (Wildman–Crippen LogP) is 2.36. The lowest BCUT2D eigenvalue weighted by molar-refractivity contribution is 0.0334. The molecule has 88 valence electrons. The van der Waals surface area contributed by atoms with Gasteiger partial charge in [-0.3, -0.25) is 0 Å². The van der Waals surface area contributed by atoms with E-state index in [0.29, 0.717) is 5.56 Å². The fourth-order valence-electron chi connectivity index (χ4n) is 1.14. The summed E-state index contributed by atoms with van der Waals surface area (Å²) in [7, 11) is 1.43. The molecule has 0 aromatic heterocycles. The highest BCUT2D eigenvalue weighted by molar-refractivity contribution is 5.90. The van der Waals surface area contributed by atoms with E-state index >= 15 is 0 Å². The topological polar surface area (TPSA) is 55.8 Å². The minimum Gasteiger partial charge on any atom is -0.504 e. The van der Waals surface area contributed by atoms with Gasteiger partial charge < -0.3 is 14.6 Å². The van der Waals surface area contributed by atoms with Gasteiger partial charge in [0.05, 0.1) is 18.8 Å². The van der Waals surface area contributed by atoms with Crippen molar-refractivity contribution in [2.75, 3.05) is 7.11 Å². The summed E-state index contributed by atoms with van der Waals surface area (Å²) in [6.45, 7) is 3.77. The molecule has 16 heavy (non-hydrogen) atoms. The maximum atomic E-state index is 11.6. The molecule has 1 aromatic carbocycles. The number of phenols is 1. The number of benzene rings is 1. The van der Waals surface area contributed by atoms with E-state index in [0.717, 1.165) is 6.42 Å². The van der Waals surface area contributed by atoms with E-state index < -0.39 is 5.97 Å². The molecule has 1 aromatic rings. The Labute approximate surface area is 94.8 Å². The summed E-state index contributed by atoms with van der Waals surface area (Å²) in [5.74, 6) is -0.145. The predicted molar refractivity (Wildman–Crippen MR) is 59.8 cm³/mol. The minimum absolute atomic E-state index is 0.00240. The van der Waals surface area contributed by atoms with E-state index in [9.17, 15) is 9.90 Å². The molecular formula is C12H16O4. The normalized spacial score (nSPS) is 11.9. The van der Waals surface area contributed by atoms with Crippen molar-refractivity contribution < 1.29 is 19.4 Å². The number of methoxy groups -OCH3 is 1. The molecule has 0 amide bonds. The van der Waals surface area contributed by atoms with Crippen molar-refractivity contribution in [2.45, 2.75) is 26.4 Å². The Morgan fingerprint density at radius 3 is 2.75 bits per heavy atom. The molecule has 0 saturated heterocycles. The maximum Gasteiger partial charge on any atom is 0.338 e. The van der Waals surface area contributed by atoms with Crippen molar-refractivity contribution in [1.82, 2.24) is 0 Å². The van der Waals surface area contributed by atoms with E-state index in [1.807, 2.05) is 13.8 Å². The van der Waals surface area contributed by atoms with Gasteiger partial charge in [-0.1, -0.05) is 6.92 Å². The quantitative estimate of drug-likeness (QED) is 0.797. The summed E-state index contributed by atoms with van der Waals surface area (Å²) in [5, 5.41) is 9.37. The van der Waals surface area contributed by atoms with Crippen molar-refractivity contribution in [3.05, 3.63) is 23.8 Å². The molecule has 0 heterocycles. The molecule has 0 bridgehead atoms. The minimum atomic E-state index is -0.410. The molecule has 1 atom stereocenters. The van der Waals surface area contributed by atoms with Gasteiger partial charge in [0.25, 0.3) is 0 Å². The third-order valence-corrected chi connectivity index (χ3v) is 2.30. The van der Waals surface area contributed by atoms with E-state index in [1.54, 1.807) is 0 Å². The average Bonchev–Trinajstić information content (AvgIpc) is 2.29. The summed E-state index contributed by atoms with van der Waals surface area (Å²) in [5.41, 5.74) is 0.370. The molecule has 1 unspecified atom stereocenters. The molecular weight excluding hydrogens is 208 g/mol. The smallest absolute Gasteiger partial charge is 0.338 e. The van der Waals surface area contributed by atoms with Crippen LogP contribution in [0, 0.1) is 0 Å². The number of ether oxygens (including phenoxy) is 2. The van der Waals surface area contributed by atoms with Crippen LogP contribution in [0.4, 0.5) is 0 Å². The zero-order valence-corrected chi connectivity index (χ0v) is 9.69. The fraction of sp³-hybridized carbons (Fsp3) is 0.417. The lowest BCUT2D eigenvalue weighted by Gasteiger charge is -2.11. The molecule has 0 aliphatic rings. The van der Waals surface area contributed by atoms with Crippen molar-refractivity contribution >= 4 is 5.97 Å². The summed E-state index contributed by atoms with van der Waals surface area (Å²) in [6.07, 6.45) is 0.647.